The Balaban J connectivity index is 0.000000242. The topological polar surface area (TPSA) is 169 Å². The third-order valence-electron chi connectivity index (χ3n) is 16.4. The lowest BCUT2D eigenvalue weighted by Gasteiger charge is -2.38. The van der Waals surface area contributed by atoms with Gasteiger partial charge in [-0.3, -0.25) is 9.59 Å². The van der Waals surface area contributed by atoms with E-state index < -0.39 is 11.3 Å². The van der Waals surface area contributed by atoms with Gasteiger partial charge >= 0.3 is 0 Å². The van der Waals surface area contributed by atoms with Crippen LogP contribution in [-0.4, -0.2) is 92.1 Å². The lowest BCUT2D eigenvalue weighted by atomic mass is 9.76. The van der Waals surface area contributed by atoms with Crippen molar-refractivity contribution in [3.8, 4) is 11.3 Å². The minimum atomic E-state index is -2.68. The number of hydrazine groups is 1. The van der Waals surface area contributed by atoms with Crippen LogP contribution in [0, 0.1) is 19.3 Å². The first-order valence-corrected chi connectivity index (χ1v) is 30.5. The zero-order valence-corrected chi connectivity index (χ0v) is 51.2. The Morgan fingerprint density at radius 3 is 2.16 bits per heavy atom. The molecule has 1 aliphatic heterocycles. The van der Waals surface area contributed by atoms with Crippen molar-refractivity contribution in [2.45, 2.75) is 148 Å². The first-order chi connectivity index (χ1) is 41.0. The highest BCUT2D eigenvalue weighted by molar-refractivity contribution is 6.01. The SMILES string of the molecule is C=CN=CN/C(CCC1(C)CCN(C)CC1)=C(\c1ccc(CNCC(=O)NCCCCCCCCCNC=C)cc1)N(C)N.Cc1cccc(-c2nc(NC(=O)C3(c4ccc5c(c4)CC(F)(F)C5)CC3)ccc2C)c1.O=CCCc1ccccc1. The van der Waals surface area contributed by atoms with Crippen LogP contribution in [0.25, 0.3) is 17.0 Å². The Labute approximate surface area is 505 Å². The quantitative estimate of drug-likeness (QED) is 0.00650. The van der Waals surface area contributed by atoms with E-state index in [1.54, 1.807) is 23.6 Å². The number of pyridine rings is 1. The number of nitrogens with one attached hydrogen (secondary N) is 5. The van der Waals surface area contributed by atoms with Crippen molar-refractivity contribution in [3.05, 3.63) is 185 Å². The number of carbonyl (C=O) groups is 3. The summed E-state index contributed by atoms with van der Waals surface area (Å²) in [5, 5.41) is 17.5. The van der Waals surface area contributed by atoms with Crippen LogP contribution in [0.4, 0.5) is 14.6 Å². The molecule has 13 nitrogen and oxygen atoms in total. The molecule has 0 radical (unpaired) electrons. The highest BCUT2D eigenvalue weighted by Gasteiger charge is 2.52. The van der Waals surface area contributed by atoms with Crippen LogP contribution in [0.15, 0.2) is 145 Å². The van der Waals surface area contributed by atoms with Gasteiger partial charge in [-0.15, -0.1) is 0 Å². The molecular formula is C70H94F2N10O3. The van der Waals surface area contributed by atoms with Crippen molar-refractivity contribution in [2.24, 2.45) is 16.3 Å². The number of nitrogens with zero attached hydrogens (tertiary/aromatic N) is 4. The second-order valence-corrected chi connectivity index (χ2v) is 23.6. The predicted octanol–water partition coefficient (Wildman–Crippen LogP) is 12.7. The van der Waals surface area contributed by atoms with Gasteiger partial charge in [0.05, 0.1) is 29.7 Å². The molecule has 2 amide bonds. The molecule has 15 heteroatoms. The Kier molecular flexibility index (Phi) is 26.7. The number of nitrogens with two attached hydrogens (primary N) is 1. The van der Waals surface area contributed by atoms with Crippen molar-refractivity contribution in [1.82, 2.24) is 36.2 Å². The Morgan fingerprint density at radius 1 is 0.812 bits per heavy atom. The number of aromatic nitrogens is 1. The number of fused-ring (bicyclic) bond motifs is 1. The van der Waals surface area contributed by atoms with Crippen LogP contribution >= 0.6 is 0 Å². The lowest BCUT2D eigenvalue weighted by Crippen LogP contribution is -2.36. The summed E-state index contributed by atoms with van der Waals surface area (Å²) in [4.78, 5) is 46.7. The number of unbranched alkanes of at least 4 members (excludes halogenated alkanes) is 6. The van der Waals surface area contributed by atoms with Crippen molar-refractivity contribution in [2.75, 3.05) is 52.1 Å². The monoisotopic (exact) mass is 1160 g/mol. The number of aldehydes is 1. The van der Waals surface area contributed by atoms with Crippen LogP contribution in [0.5, 0.6) is 0 Å². The molecule has 1 aromatic heterocycles. The highest BCUT2D eigenvalue weighted by Crippen LogP contribution is 2.50. The average molecular weight is 1160 g/mol. The van der Waals surface area contributed by atoms with Crippen molar-refractivity contribution < 1.29 is 23.2 Å². The van der Waals surface area contributed by atoms with E-state index in [4.69, 9.17) is 10.8 Å². The van der Waals surface area contributed by atoms with E-state index in [0.29, 0.717) is 54.7 Å². The third kappa shape index (κ3) is 21.9. The van der Waals surface area contributed by atoms with Gasteiger partial charge < -0.3 is 41.3 Å². The van der Waals surface area contributed by atoms with Crippen LogP contribution in [-0.2, 0) is 45.6 Å². The van der Waals surface area contributed by atoms with E-state index >= 15 is 0 Å². The molecule has 0 atom stereocenters. The summed E-state index contributed by atoms with van der Waals surface area (Å²) < 4.78 is 27.5. The summed E-state index contributed by atoms with van der Waals surface area (Å²) in [7, 11) is 4.07. The molecular weight excluding hydrogens is 1070 g/mol. The molecule has 8 rings (SSSR count). The molecule has 85 heavy (non-hydrogen) atoms. The molecule has 0 spiro atoms. The number of allylic oxidation sites excluding steroid dienone is 1. The van der Waals surface area contributed by atoms with Gasteiger partial charge in [-0.25, -0.2) is 24.6 Å². The zero-order valence-electron chi connectivity index (χ0n) is 51.2. The normalized spacial score (nSPS) is 15.6. The number of piperidine rings is 1. The first-order valence-electron chi connectivity index (χ1n) is 30.5. The zero-order chi connectivity index (χ0) is 61.1. The molecule has 7 N–H and O–H groups in total. The number of hydrogen-bond acceptors (Lipinski definition) is 10. The number of alkyl halides is 2. The summed E-state index contributed by atoms with van der Waals surface area (Å²) in [5.41, 5.74) is 11.2. The minimum Gasteiger partial charge on any atom is -0.391 e. The maximum Gasteiger partial charge on any atom is 0.256 e. The second kappa shape index (κ2) is 34.0. The van der Waals surface area contributed by atoms with Gasteiger partial charge in [-0.2, -0.15) is 0 Å². The number of amides is 2. The molecule has 0 bridgehead atoms. The van der Waals surface area contributed by atoms with Crippen molar-refractivity contribution in [3.63, 3.8) is 0 Å². The summed E-state index contributed by atoms with van der Waals surface area (Å²) in [6.07, 6.45) is 21.1. The van der Waals surface area contributed by atoms with E-state index in [1.165, 1.54) is 56.7 Å². The third-order valence-corrected chi connectivity index (χ3v) is 16.4. The molecule has 0 unspecified atom stereocenters. The summed E-state index contributed by atoms with van der Waals surface area (Å²) in [6.45, 7) is 18.7. The van der Waals surface area contributed by atoms with E-state index in [9.17, 15) is 23.2 Å². The summed E-state index contributed by atoms with van der Waals surface area (Å²) in [6, 6.07) is 35.7. The largest absolute Gasteiger partial charge is 0.391 e. The first kappa shape index (κ1) is 66.8. The maximum atomic E-state index is 13.8. The van der Waals surface area contributed by atoms with Crippen molar-refractivity contribution >= 4 is 36.0 Å². The van der Waals surface area contributed by atoms with Crippen LogP contribution in [0.3, 0.4) is 0 Å². The van der Waals surface area contributed by atoms with Gasteiger partial charge in [-0.05, 0) is 149 Å². The maximum absolute atomic E-state index is 13.8. The molecule has 2 heterocycles. The summed E-state index contributed by atoms with van der Waals surface area (Å²) >= 11 is 0. The minimum absolute atomic E-state index is 0.0431. The fourth-order valence-electron chi connectivity index (χ4n) is 11.0. The van der Waals surface area contributed by atoms with Gasteiger partial charge in [0, 0.05) is 69.0 Å². The molecule has 3 aliphatic rings. The molecule has 4 aromatic carbocycles. The average Bonchev–Trinajstić information content (AvgIpc) is 1.84. The fourth-order valence-corrected chi connectivity index (χ4v) is 11.0. The smallest absolute Gasteiger partial charge is 0.256 e. The molecule has 5 aromatic rings. The Bertz CT molecular complexity index is 2990. The van der Waals surface area contributed by atoms with Gasteiger partial charge in [-0.1, -0.05) is 155 Å². The highest BCUT2D eigenvalue weighted by atomic mass is 19.3. The molecule has 2 aliphatic carbocycles. The molecule has 1 saturated heterocycles. The number of carbonyl (C=O) groups excluding carboxylic acids is 3. The van der Waals surface area contributed by atoms with Crippen LogP contribution in [0.2, 0.25) is 0 Å². The summed E-state index contributed by atoms with van der Waals surface area (Å²) in [5.74, 6) is 4.13. The van der Waals surface area contributed by atoms with E-state index in [1.807, 2.05) is 93.7 Å². The molecule has 1 saturated carbocycles. The number of likely N-dealkylation sites (tertiary alicyclic amines) is 1. The Hall–Kier alpha value is -7.33. The van der Waals surface area contributed by atoms with E-state index in [0.717, 1.165) is 115 Å². The number of aryl methyl sites for hydroxylation is 3. The number of anilines is 1. The van der Waals surface area contributed by atoms with Crippen LogP contribution in [0.1, 0.15) is 141 Å². The van der Waals surface area contributed by atoms with Gasteiger partial charge in [0.25, 0.3) is 5.92 Å². The number of aliphatic imine (C=N–C) groups is 1. The predicted molar refractivity (Wildman–Crippen MR) is 345 cm³/mol. The van der Waals surface area contributed by atoms with Gasteiger partial charge in [0.1, 0.15) is 12.1 Å². The number of halogens is 2. The lowest BCUT2D eigenvalue weighted by molar-refractivity contribution is -0.120. The standard InChI is InChI=1S/C35H60N8O.C26H24F2N2O.C9H10O/c1-6-37-23-13-11-9-8-10-12-14-24-40-33(44)28-39-27-30-15-17-31(18-16-30)34(43(5)36)32(41-29-38-7-2)19-20-35(3)21-25-42(4)26-22-35;1-16-4-3-5-18(12-16)23-17(2)6-9-22(29-23)30-24(31)25(10-11-25)21-8-7-19-14-26(27,28)15-20(19)13-21;10-8-4-7-9-5-2-1-3-6-9/h6-7,15-18,29,37,39H,1-2,8-14,19-28,36H2,3-5H3,(H,38,41)(H,40,44);3-9,12-13H,10-11,14-15H2,1-2H3,(H,29,30,31);1-3,5-6,8H,4,7H2/b34-32+;;. The van der Waals surface area contributed by atoms with Crippen molar-refractivity contribution in [1.29, 1.82) is 0 Å². The Morgan fingerprint density at radius 2 is 1.51 bits per heavy atom. The molecule has 2 fully saturated rings. The number of hydrogen-bond donors (Lipinski definition) is 6. The fraction of sp³-hybridized carbons (Fsp3) is 0.443. The number of benzene rings is 4. The van der Waals surface area contributed by atoms with Crippen LogP contribution < -0.4 is 32.4 Å². The molecule has 456 valence electrons. The van der Waals surface area contributed by atoms with Gasteiger partial charge in [0.2, 0.25) is 11.8 Å². The second-order valence-electron chi connectivity index (χ2n) is 23.6. The van der Waals surface area contributed by atoms with E-state index in [2.05, 4.69) is 93.9 Å². The van der Waals surface area contributed by atoms with E-state index in [-0.39, 0.29) is 24.7 Å². The van der Waals surface area contributed by atoms with Gasteiger partial charge in [0.15, 0.2) is 0 Å². The number of rotatable bonds is 30.